The van der Waals surface area contributed by atoms with Crippen molar-refractivity contribution in [3.63, 3.8) is 0 Å². The van der Waals surface area contributed by atoms with Crippen LogP contribution in [0.25, 0.3) is 11.2 Å². The van der Waals surface area contributed by atoms with E-state index in [0.29, 0.717) is 13.0 Å². The maximum absolute atomic E-state index is 12.8. The van der Waals surface area contributed by atoms with Gasteiger partial charge in [-0.15, -0.1) is 0 Å². The van der Waals surface area contributed by atoms with Crippen LogP contribution in [0.4, 0.5) is 5.69 Å². The van der Waals surface area contributed by atoms with E-state index in [1.165, 1.54) is 51.6 Å². The fourth-order valence-electron chi connectivity index (χ4n) is 3.73. The van der Waals surface area contributed by atoms with E-state index >= 15 is 0 Å². The summed E-state index contributed by atoms with van der Waals surface area (Å²) in [6.07, 6.45) is 1.56. The third-order valence-electron chi connectivity index (χ3n) is 5.73. The van der Waals surface area contributed by atoms with E-state index in [2.05, 4.69) is 14.7 Å². The fraction of sp³-hybridized carbons (Fsp3) is 0.250. The summed E-state index contributed by atoms with van der Waals surface area (Å²) in [5.41, 5.74) is -0.550. The number of rotatable bonds is 9. The van der Waals surface area contributed by atoms with Gasteiger partial charge < -0.3 is 9.30 Å². The van der Waals surface area contributed by atoms with Crippen LogP contribution in [-0.2, 0) is 35.0 Å². The third-order valence-corrected chi connectivity index (χ3v) is 7.84. The number of fused-ring (bicyclic) bond motifs is 1. The monoisotopic (exact) mass is 579 g/mol. The number of aromatic nitrogens is 4. The Labute approximate surface area is 227 Å². The summed E-state index contributed by atoms with van der Waals surface area (Å²) < 4.78 is 36.1. The van der Waals surface area contributed by atoms with Crippen LogP contribution in [0.15, 0.2) is 56.9 Å². The summed E-state index contributed by atoms with van der Waals surface area (Å²) in [4.78, 5) is 44.0. The molecule has 0 amide bonds. The lowest BCUT2D eigenvalue weighted by Crippen LogP contribution is -2.31. The van der Waals surface area contributed by atoms with Crippen molar-refractivity contribution in [3.05, 3.63) is 84.7 Å². The van der Waals surface area contributed by atoms with E-state index in [0.717, 1.165) is 6.42 Å². The van der Waals surface area contributed by atoms with E-state index in [-0.39, 0.29) is 49.8 Å². The number of aryl methyl sites for hydroxylation is 2. The maximum atomic E-state index is 12.8. The predicted molar refractivity (Wildman–Crippen MR) is 143 cm³/mol. The number of halogens is 2. The minimum Gasteiger partial charge on any atom is -0.454 e. The predicted octanol–water partition coefficient (Wildman–Crippen LogP) is 3.69. The number of sulfonamides is 1. The SMILES string of the molecule is CCCCn1c(=O)[nH]c(=O)c2c1nc(COC(=O)c1cccc(NS(=O)(=O)c3ccc(Cl)c(Cl)c3)c1)n2C. The number of nitrogens with one attached hydrogen (secondary N) is 2. The van der Waals surface area contributed by atoms with Gasteiger partial charge in [0.1, 0.15) is 12.4 Å². The molecule has 0 aliphatic heterocycles. The minimum atomic E-state index is -4.01. The second-order valence-corrected chi connectivity index (χ2v) is 10.9. The van der Waals surface area contributed by atoms with E-state index in [1.807, 2.05) is 6.92 Å². The van der Waals surface area contributed by atoms with Crippen LogP contribution in [0.2, 0.25) is 10.0 Å². The molecule has 0 fully saturated rings. The molecule has 14 heteroatoms. The van der Waals surface area contributed by atoms with Gasteiger partial charge in [-0.25, -0.2) is 23.0 Å². The molecule has 2 N–H and O–H groups in total. The molecule has 38 heavy (non-hydrogen) atoms. The van der Waals surface area contributed by atoms with Crippen LogP contribution >= 0.6 is 23.2 Å². The minimum absolute atomic E-state index is 0.0794. The lowest BCUT2D eigenvalue weighted by atomic mass is 10.2. The molecule has 0 saturated heterocycles. The van der Waals surface area contributed by atoms with E-state index in [4.69, 9.17) is 27.9 Å². The molecule has 2 aromatic carbocycles. The summed E-state index contributed by atoms with van der Waals surface area (Å²) >= 11 is 11.8. The van der Waals surface area contributed by atoms with Gasteiger partial charge in [-0.2, -0.15) is 0 Å². The number of imidazole rings is 1. The smallest absolute Gasteiger partial charge is 0.338 e. The summed E-state index contributed by atoms with van der Waals surface area (Å²) in [5.74, 6) is -0.490. The van der Waals surface area contributed by atoms with Crippen molar-refractivity contribution in [2.75, 3.05) is 4.72 Å². The van der Waals surface area contributed by atoms with Crippen LogP contribution in [0.1, 0.15) is 35.9 Å². The highest BCUT2D eigenvalue weighted by molar-refractivity contribution is 7.92. The number of H-pyrrole nitrogens is 1. The molecule has 0 aliphatic rings. The molecule has 0 radical (unpaired) electrons. The van der Waals surface area contributed by atoms with Gasteiger partial charge in [-0.3, -0.25) is 19.1 Å². The topological polar surface area (TPSA) is 145 Å². The number of hydrogen-bond acceptors (Lipinski definition) is 7. The molecule has 2 aromatic heterocycles. The van der Waals surface area contributed by atoms with Crippen LogP contribution in [-0.4, -0.2) is 33.5 Å². The largest absolute Gasteiger partial charge is 0.454 e. The normalized spacial score (nSPS) is 11.6. The number of ether oxygens (including phenoxy) is 1. The average Bonchev–Trinajstić information content (AvgIpc) is 3.20. The highest BCUT2D eigenvalue weighted by Gasteiger charge is 2.19. The van der Waals surface area contributed by atoms with E-state index < -0.39 is 27.2 Å². The number of carbonyl (C=O) groups is 1. The number of benzene rings is 2. The zero-order valence-electron chi connectivity index (χ0n) is 20.3. The molecule has 0 atom stereocenters. The Bertz CT molecular complexity index is 1760. The first kappa shape index (κ1) is 27.4. The zero-order valence-corrected chi connectivity index (χ0v) is 22.7. The molecule has 0 aliphatic carbocycles. The molecular weight excluding hydrogens is 557 g/mol. The molecule has 4 rings (SSSR count). The number of nitrogens with zero attached hydrogens (tertiary/aromatic N) is 3. The molecule has 11 nitrogen and oxygen atoms in total. The lowest BCUT2D eigenvalue weighted by molar-refractivity contribution is 0.0459. The van der Waals surface area contributed by atoms with Gasteiger partial charge in [0, 0.05) is 19.3 Å². The van der Waals surface area contributed by atoms with Gasteiger partial charge in [0.05, 0.1) is 20.5 Å². The van der Waals surface area contributed by atoms with Crippen LogP contribution in [0.3, 0.4) is 0 Å². The van der Waals surface area contributed by atoms with Crippen molar-refractivity contribution in [2.45, 2.75) is 37.8 Å². The van der Waals surface area contributed by atoms with Gasteiger partial charge in [-0.1, -0.05) is 42.6 Å². The Hall–Kier alpha value is -3.61. The Morgan fingerprint density at radius 3 is 2.61 bits per heavy atom. The Balaban J connectivity index is 1.53. The first-order valence-electron chi connectivity index (χ1n) is 11.4. The summed E-state index contributed by atoms with van der Waals surface area (Å²) in [6, 6.07) is 9.63. The van der Waals surface area contributed by atoms with Crippen LogP contribution in [0, 0.1) is 0 Å². The van der Waals surface area contributed by atoms with Gasteiger partial charge in [0.2, 0.25) is 0 Å². The molecule has 200 valence electrons. The maximum Gasteiger partial charge on any atom is 0.338 e. The standard InChI is InChI=1S/C24H23Cl2N5O6S/c1-3-4-10-31-21-20(22(32)28-24(31)34)30(2)19(27-21)13-37-23(33)14-6-5-7-15(11-14)29-38(35,36)16-8-9-17(25)18(26)12-16/h5-9,11-12,29H,3-4,10,13H2,1-2H3,(H,28,32,34). The van der Waals surface area contributed by atoms with Crippen molar-refractivity contribution in [3.8, 4) is 0 Å². The molecule has 0 bridgehead atoms. The number of anilines is 1. The van der Waals surface area contributed by atoms with E-state index in [1.54, 1.807) is 7.05 Å². The second-order valence-electron chi connectivity index (χ2n) is 8.36. The fourth-order valence-corrected chi connectivity index (χ4v) is 5.16. The van der Waals surface area contributed by atoms with Crippen molar-refractivity contribution < 1.29 is 17.9 Å². The average molecular weight is 580 g/mol. The first-order valence-corrected chi connectivity index (χ1v) is 13.7. The molecule has 2 heterocycles. The van der Waals surface area contributed by atoms with Crippen molar-refractivity contribution in [1.29, 1.82) is 0 Å². The van der Waals surface area contributed by atoms with Gasteiger partial charge >= 0.3 is 11.7 Å². The number of esters is 1. The van der Waals surface area contributed by atoms with E-state index in [9.17, 15) is 22.8 Å². The Kier molecular flexibility index (Phi) is 7.95. The Morgan fingerprint density at radius 2 is 1.89 bits per heavy atom. The van der Waals surface area contributed by atoms with Crippen molar-refractivity contribution in [2.24, 2.45) is 7.05 Å². The molecular formula is C24H23Cl2N5O6S. The molecule has 0 saturated carbocycles. The summed E-state index contributed by atoms with van der Waals surface area (Å²) in [7, 11) is -2.42. The molecule has 0 unspecified atom stereocenters. The number of unbranched alkanes of at least 4 members (excludes halogenated alkanes) is 1. The number of hydrogen-bond donors (Lipinski definition) is 2. The van der Waals surface area contributed by atoms with Gasteiger partial charge in [-0.05, 0) is 42.8 Å². The molecule has 4 aromatic rings. The van der Waals surface area contributed by atoms with Gasteiger partial charge in [0.25, 0.3) is 15.6 Å². The second kappa shape index (κ2) is 11.0. The van der Waals surface area contributed by atoms with Crippen LogP contribution < -0.4 is 16.0 Å². The summed E-state index contributed by atoms with van der Waals surface area (Å²) in [6.45, 7) is 2.07. The van der Waals surface area contributed by atoms with Crippen molar-refractivity contribution >= 4 is 56.0 Å². The third kappa shape index (κ3) is 5.62. The quantitative estimate of drug-likeness (QED) is 0.287. The number of carbonyl (C=O) groups excluding carboxylic acids is 1. The van der Waals surface area contributed by atoms with Crippen LogP contribution in [0.5, 0.6) is 0 Å². The number of aromatic amines is 1. The first-order chi connectivity index (χ1) is 18.0. The lowest BCUT2D eigenvalue weighted by Gasteiger charge is -2.10. The highest BCUT2D eigenvalue weighted by atomic mass is 35.5. The van der Waals surface area contributed by atoms with Gasteiger partial charge in [0.15, 0.2) is 11.2 Å². The zero-order chi connectivity index (χ0) is 27.6. The Morgan fingerprint density at radius 1 is 1.13 bits per heavy atom. The summed E-state index contributed by atoms with van der Waals surface area (Å²) in [5, 5.41) is 0.294. The molecule has 0 spiro atoms. The highest BCUT2D eigenvalue weighted by Crippen LogP contribution is 2.26. The van der Waals surface area contributed by atoms with Crippen molar-refractivity contribution in [1.82, 2.24) is 19.1 Å².